The molecule has 0 aliphatic carbocycles. The van der Waals surface area contributed by atoms with Crippen LogP contribution in [0.5, 0.6) is 0 Å². The van der Waals surface area contributed by atoms with E-state index in [1.165, 1.54) is 25.7 Å². The van der Waals surface area contributed by atoms with Crippen molar-refractivity contribution >= 4 is 34.9 Å². The molecule has 3 aliphatic rings. The Balaban J connectivity index is 1.42. The zero-order chi connectivity index (χ0) is 22.3. The van der Waals surface area contributed by atoms with Gasteiger partial charge in [-0.05, 0) is 49.7 Å². The number of ether oxygens (including phenoxy) is 1. The molecule has 3 fully saturated rings. The summed E-state index contributed by atoms with van der Waals surface area (Å²) in [5.74, 6) is 4.00. The second kappa shape index (κ2) is 11.4. The highest BCUT2D eigenvalue weighted by Crippen LogP contribution is 2.28. The molecular weight excluding hydrogens is 422 g/mol. The number of hydrogen-bond acceptors (Lipinski definition) is 7. The number of nitrogens with zero attached hydrogens (tertiary/aromatic N) is 5. The third-order valence-electron chi connectivity index (χ3n) is 6.70. The van der Waals surface area contributed by atoms with Crippen molar-refractivity contribution in [1.82, 2.24) is 20.2 Å². The quantitative estimate of drug-likeness (QED) is 0.622. The predicted molar refractivity (Wildman–Crippen MR) is 135 cm³/mol. The van der Waals surface area contributed by atoms with Gasteiger partial charge in [-0.1, -0.05) is 13.8 Å². The second-order valence-electron chi connectivity index (χ2n) is 9.63. The van der Waals surface area contributed by atoms with Crippen molar-refractivity contribution in [3.05, 3.63) is 6.07 Å². The van der Waals surface area contributed by atoms with E-state index in [1.807, 2.05) is 0 Å². The normalized spacial score (nSPS) is 24.9. The van der Waals surface area contributed by atoms with Gasteiger partial charge in [-0.25, -0.2) is 0 Å². The summed E-state index contributed by atoms with van der Waals surface area (Å²) in [5, 5.41) is 7.17. The highest BCUT2D eigenvalue weighted by atomic mass is 32.1. The standard InChI is InChI=1S/C23H39N7OS/c1-18-5-3-8-29(16-18)20-15-21(30-9-4-6-19(2)17-30)26-22(25-20)27-23(32)24-7-10-28-11-13-31-14-12-28/h15,18-19H,3-14,16-17H2,1-2H3,(H2,24,25,26,27,32)/t18-,19-/m0/s1. The molecule has 1 aromatic rings. The fourth-order valence-corrected chi connectivity index (χ4v) is 5.09. The van der Waals surface area contributed by atoms with Crippen molar-refractivity contribution in [2.24, 2.45) is 11.8 Å². The van der Waals surface area contributed by atoms with Gasteiger partial charge in [0, 0.05) is 58.4 Å². The van der Waals surface area contributed by atoms with Gasteiger partial charge < -0.3 is 25.2 Å². The van der Waals surface area contributed by atoms with Crippen LogP contribution in [0.1, 0.15) is 39.5 Å². The van der Waals surface area contributed by atoms with Crippen LogP contribution in [-0.2, 0) is 4.74 Å². The van der Waals surface area contributed by atoms with Gasteiger partial charge >= 0.3 is 0 Å². The number of anilines is 3. The first-order chi connectivity index (χ1) is 15.6. The maximum atomic E-state index is 5.57. The van der Waals surface area contributed by atoms with Crippen molar-refractivity contribution in [1.29, 1.82) is 0 Å². The van der Waals surface area contributed by atoms with E-state index in [4.69, 9.17) is 26.9 Å². The molecule has 0 radical (unpaired) electrons. The third-order valence-corrected chi connectivity index (χ3v) is 6.95. The molecule has 2 atom stereocenters. The van der Waals surface area contributed by atoms with Gasteiger partial charge in [-0.2, -0.15) is 9.97 Å². The van der Waals surface area contributed by atoms with Crippen LogP contribution in [0.3, 0.4) is 0 Å². The number of nitrogens with one attached hydrogen (secondary N) is 2. The Bertz CT molecular complexity index is 718. The van der Waals surface area contributed by atoms with Crippen LogP contribution in [0.4, 0.5) is 17.6 Å². The summed E-state index contributed by atoms with van der Waals surface area (Å²) in [4.78, 5) is 16.9. The monoisotopic (exact) mass is 461 g/mol. The molecule has 8 nitrogen and oxygen atoms in total. The molecule has 0 bridgehead atoms. The van der Waals surface area contributed by atoms with Crippen LogP contribution >= 0.6 is 12.2 Å². The number of rotatable bonds is 6. The lowest BCUT2D eigenvalue weighted by atomic mass is 10.00. The summed E-state index contributed by atoms with van der Waals surface area (Å²) >= 11 is 5.57. The third kappa shape index (κ3) is 6.65. The topological polar surface area (TPSA) is 68.8 Å². The van der Waals surface area contributed by atoms with Gasteiger partial charge in [0.25, 0.3) is 0 Å². The van der Waals surface area contributed by atoms with Gasteiger partial charge in [0.05, 0.1) is 13.2 Å². The predicted octanol–water partition coefficient (Wildman–Crippen LogP) is 2.57. The van der Waals surface area contributed by atoms with Crippen molar-refractivity contribution < 1.29 is 4.74 Å². The Morgan fingerprint density at radius 3 is 2.16 bits per heavy atom. The first-order valence-corrected chi connectivity index (χ1v) is 12.7. The number of hydrogen-bond donors (Lipinski definition) is 2. The maximum absolute atomic E-state index is 5.57. The second-order valence-corrected chi connectivity index (χ2v) is 10.0. The minimum Gasteiger partial charge on any atom is -0.379 e. The largest absolute Gasteiger partial charge is 0.379 e. The minimum atomic E-state index is 0.584. The van der Waals surface area contributed by atoms with Crippen LogP contribution in [-0.4, -0.2) is 85.6 Å². The van der Waals surface area contributed by atoms with Gasteiger partial charge in [0.2, 0.25) is 5.95 Å². The Kier molecular flexibility index (Phi) is 8.37. The van der Waals surface area contributed by atoms with Gasteiger partial charge in [-0.15, -0.1) is 0 Å². The van der Waals surface area contributed by atoms with Crippen molar-refractivity contribution in [3.8, 4) is 0 Å². The average molecular weight is 462 g/mol. The fourth-order valence-electron chi connectivity index (χ4n) is 4.89. The molecule has 32 heavy (non-hydrogen) atoms. The lowest BCUT2D eigenvalue weighted by molar-refractivity contribution is 0.0389. The van der Waals surface area contributed by atoms with Crippen LogP contribution in [0.15, 0.2) is 6.07 Å². The molecule has 0 unspecified atom stereocenters. The average Bonchev–Trinajstić information content (AvgIpc) is 2.79. The van der Waals surface area contributed by atoms with Crippen LogP contribution in [0.25, 0.3) is 0 Å². The van der Waals surface area contributed by atoms with E-state index in [2.05, 4.69) is 45.2 Å². The summed E-state index contributed by atoms with van der Waals surface area (Å²) in [6.07, 6.45) is 5.01. The van der Waals surface area contributed by atoms with Crippen LogP contribution in [0, 0.1) is 11.8 Å². The molecule has 4 rings (SSSR count). The van der Waals surface area contributed by atoms with E-state index in [9.17, 15) is 0 Å². The molecule has 0 saturated carbocycles. The van der Waals surface area contributed by atoms with Crippen molar-refractivity contribution in [2.45, 2.75) is 39.5 Å². The van der Waals surface area contributed by atoms with Gasteiger partial charge in [0.1, 0.15) is 11.6 Å². The molecule has 1 aromatic heterocycles. The smallest absolute Gasteiger partial charge is 0.232 e. The Morgan fingerprint density at radius 1 is 1.00 bits per heavy atom. The van der Waals surface area contributed by atoms with E-state index in [1.54, 1.807) is 0 Å². The summed E-state index contributed by atoms with van der Waals surface area (Å²) in [6, 6.07) is 2.18. The van der Waals surface area contributed by atoms with Gasteiger partial charge in [0.15, 0.2) is 5.11 Å². The number of piperidine rings is 2. The van der Waals surface area contributed by atoms with Gasteiger partial charge in [-0.3, -0.25) is 4.90 Å². The molecule has 4 heterocycles. The van der Waals surface area contributed by atoms with Crippen LogP contribution in [0.2, 0.25) is 0 Å². The zero-order valence-corrected chi connectivity index (χ0v) is 20.5. The Hall–Kier alpha value is -1.71. The van der Waals surface area contributed by atoms with E-state index >= 15 is 0 Å². The first kappa shape index (κ1) is 23.4. The molecule has 0 amide bonds. The van der Waals surface area contributed by atoms with E-state index in [0.29, 0.717) is 22.9 Å². The number of morpholine rings is 1. The van der Waals surface area contributed by atoms with E-state index in [0.717, 1.165) is 77.2 Å². The SMILES string of the molecule is C[C@H]1CCCN(c2cc(N3CCC[C@H](C)C3)nc(NC(=S)NCCN3CCOCC3)n2)C1. The van der Waals surface area contributed by atoms with Crippen molar-refractivity contribution in [3.63, 3.8) is 0 Å². The first-order valence-electron chi connectivity index (χ1n) is 12.3. The molecular formula is C23H39N7OS. The number of aromatic nitrogens is 2. The number of thiocarbonyl (C=S) groups is 1. The Labute approximate surface area is 198 Å². The van der Waals surface area contributed by atoms with E-state index < -0.39 is 0 Å². The molecule has 0 spiro atoms. The summed E-state index contributed by atoms with van der Waals surface area (Å²) in [6.45, 7) is 14.2. The highest BCUT2D eigenvalue weighted by molar-refractivity contribution is 7.80. The summed E-state index contributed by atoms with van der Waals surface area (Å²) < 4.78 is 5.42. The molecule has 2 N–H and O–H groups in total. The maximum Gasteiger partial charge on any atom is 0.232 e. The molecule has 0 aromatic carbocycles. The minimum absolute atomic E-state index is 0.584. The summed E-state index contributed by atoms with van der Waals surface area (Å²) in [7, 11) is 0. The molecule has 3 saturated heterocycles. The van der Waals surface area contributed by atoms with Crippen LogP contribution < -0.4 is 20.4 Å². The zero-order valence-electron chi connectivity index (χ0n) is 19.7. The molecule has 9 heteroatoms. The lowest BCUT2D eigenvalue weighted by Crippen LogP contribution is -2.42. The fraction of sp³-hybridized carbons (Fsp3) is 0.783. The molecule has 178 valence electrons. The lowest BCUT2D eigenvalue weighted by Gasteiger charge is -2.35. The summed E-state index contributed by atoms with van der Waals surface area (Å²) in [5.41, 5.74) is 0. The van der Waals surface area contributed by atoms with Crippen molar-refractivity contribution in [2.75, 3.05) is 80.7 Å². The Morgan fingerprint density at radius 2 is 1.59 bits per heavy atom. The van der Waals surface area contributed by atoms with E-state index in [-0.39, 0.29) is 0 Å². The highest BCUT2D eigenvalue weighted by Gasteiger charge is 2.23. The molecule has 3 aliphatic heterocycles.